The Balaban J connectivity index is 1.07. The summed E-state index contributed by atoms with van der Waals surface area (Å²) in [7, 11) is -3.49. The number of halogens is 1. The number of anilines is 5. The standard InChI is InChI=1S/C49H42FN3O7Si/c1-30-45(61(2,3)50)44(26-27-54)60-49(30)36-28-33(53-39-15-7-11-19-43(39)59-41-17-9-5-13-35(41)47(53)56)24-25-37(36)51(48(49)57)29-31-20-22-32(23-21-31)52-38-14-6-10-18-42(38)58-40-16-8-4-12-34(40)46(52)55/h4-25,28,30,44-45,54H,26-27,29H2,1-3H3/t30-,44+,45-,49+/m0/s1. The van der Waals surface area contributed by atoms with Gasteiger partial charge < -0.3 is 28.3 Å². The molecule has 61 heavy (non-hydrogen) atoms. The lowest BCUT2D eigenvalue weighted by atomic mass is 9.82. The van der Waals surface area contributed by atoms with Gasteiger partial charge in [-0.05, 0) is 104 Å². The first-order valence-corrected chi connectivity index (χ1v) is 23.4. The maximum absolute atomic E-state index is 16.4. The molecule has 4 heterocycles. The van der Waals surface area contributed by atoms with E-state index >= 15 is 8.90 Å². The largest absolute Gasteiger partial charge is 0.454 e. The summed E-state index contributed by atoms with van der Waals surface area (Å²) in [4.78, 5) is 48.8. The molecule has 1 saturated heterocycles. The summed E-state index contributed by atoms with van der Waals surface area (Å²) in [6.45, 7) is 5.03. The van der Waals surface area contributed by atoms with Crippen LogP contribution in [0.4, 0.5) is 32.5 Å². The van der Waals surface area contributed by atoms with Crippen LogP contribution in [0.15, 0.2) is 140 Å². The summed E-state index contributed by atoms with van der Waals surface area (Å²) < 4.78 is 35.8. The molecule has 10 rings (SSSR count). The van der Waals surface area contributed by atoms with Gasteiger partial charge in [-0.1, -0.05) is 67.6 Å². The molecule has 1 N–H and O–H groups in total. The minimum absolute atomic E-state index is 0.137. The third-order valence-electron chi connectivity index (χ3n) is 12.4. The molecule has 1 spiro atoms. The lowest BCUT2D eigenvalue weighted by molar-refractivity contribution is -0.146. The normalized spacial score (nSPS) is 21.5. The minimum atomic E-state index is -3.49. The number of carbonyl (C=O) groups excluding carboxylic acids is 3. The Kier molecular flexibility index (Phi) is 9.20. The van der Waals surface area contributed by atoms with Gasteiger partial charge in [-0.15, -0.1) is 0 Å². The van der Waals surface area contributed by atoms with E-state index in [-0.39, 0.29) is 37.3 Å². The summed E-state index contributed by atoms with van der Waals surface area (Å²) in [6.07, 6.45) is -0.545. The highest BCUT2D eigenvalue weighted by atomic mass is 28.4. The fourth-order valence-corrected chi connectivity index (χ4v) is 12.3. The molecule has 0 bridgehead atoms. The second-order valence-corrected chi connectivity index (χ2v) is 20.3. The molecule has 306 valence electrons. The number of ether oxygens (including phenoxy) is 3. The molecule has 6 aromatic rings. The van der Waals surface area contributed by atoms with E-state index in [2.05, 4.69) is 0 Å². The number of para-hydroxylation sites is 6. The van der Waals surface area contributed by atoms with Gasteiger partial charge in [-0.3, -0.25) is 24.2 Å². The second-order valence-electron chi connectivity index (χ2n) is 16.5. The zero-order chi connectivity index (χ0) is 42.2. The van der Waals surface area contributed by atoms with Gasteiger partial charge in [0.1, 0.15) is 11.5 Å². The number of benzene rings is 6. The molecular formula is C49H42FN3O7Si. The van der Waals surface area contributed by atoms with Crippen LogP contribution in [0.5, 0.6) is 23.0 Å². The van der Waals surface area contributed by atoms with Gasteiger partial charge >= 0.3 is 0 Å². The lowest BCUT2D eigenvalue weighted by Gasteiger charge is -2.31. The third-order valence-corrected chi connectivity index (χ3v) is 14.9. The Labute approximate surface area is 353 Å². The Morgan fingerprint density at radius 3 is 1.72 bits per heavy atom. The SMILES string of the molecule is C[C@H]1[C@H]([Si](C)(C)F)[C@@H](CCO)O[C@]12C(=O)N(Cc1ccc(N3C(=O)c4ccccc4Oc4ccccc43)cc1)c1ccc(N3C(=O)c4ccccc4Oc4ccccc43)cc12. The zero-order valence-electron chi connectivity index (χ0n) is 33.7. The van der Waals surface area contributed by atoms with Gasteiger partial charge in [0.2, 0.25) is 8.41 Å². The first kappa shape index (κ1) is 38.6. The Morgan fingerprint density at radius 1 is 0.656 bits per heavy atom. The van der Waals surface area contributed by atoms with E-state index in [0.29, 0.717) is 68.1 Å². The smallest absolute Gasteiger partial charge is 0.266 e. The van der Waals surface area contributed by atoms with Crippen LogP contribution in [0.3, 0.4) is 0 Å². The van der Waals surface area contributed by atoms with Crippen LogP contribution in [0.1, 0.15) is 45.2 Å². The molecule has 6 aromatic carbocycles. The summed E-state index contributed by atoms with van der Waals surface area (Å²) in [5, 5.41) is 10.2. The third kappa shape index (κ3) is 6.07. The van der Waals surface area contributed by atoms with Gasteiger partial charge in [-0.2, -0.15) is 0 Å². The van der Waals surface area contributed by atoms with E-state index in [1.54, 1.807) is 70.3 Å². The molecule has 3 amide bonds. The monoisotopic (exact) mass is 831 g/mol. The van der Waals surface area contributed by atoms with Crippen LogP contribution >= 0.6 is 0 Å². The summed E-state index contributed by atoms with van der Waals surface area (Å²) in [5.74, 6) is 0.403. The Morgan fingerprint density at radius 2 is 1.16 bits per heavy atom. The lowest BCUT2D eigenvalue weighted by Crippen LogP contribution is -2.45. The number of hydrogen-bond acceptors (Lipinski definition) is 7. The highest BCUT2D eigenvalue weighted by molar-refractivity contribution is 6.72. The molecule has 0 aromatic heterocycles. The summed E-state index contributed by atoms with van der Waals surface area (Å²) >= 11 is 0. The van der Waals surface area contributed by atoms with Crippen LogP contribution < -0.4 is 24.2 Å². The molecule has 4 atom stereocenters. The highest BCUT2D eigenvalue weighted by Gasteiger charge is 2.66. The van der Waals surface area contributed by atoms with Crippen LogP contribution in [0.25, 0.3) is 0 Å². The molecule has 1 fully saturated rings. The Bertz CT molecular complexity index is 2760. The van der Waals surface area contributed by atoms with Crippen molar-refractivity contribution in [1.29, 1.82) is 0 Å². The van der Waals surface area contributed by atoms with Crippen molar-refractivity contribution in [2.75, 3.05) is 21.3 Å². The van der Waals surface area contributed by atoms with E-state index in [4.69, 9.17) is 14.2 Å². The van der Waals surface area contributed by atoms with Crippen LogP contribution in [0.2, 0.25) is 18.6 Å². The van der Waals surface area contributed by atoms with Crippen LogP contribution in [-0.2, 0) is 21.7 Å². The van der Waals surface area contributed by atoms with Gasteiger partial charge in [0.15, 0.2) is 17.1 Å². The van der Waals surface area contributed by atoms with Crippen LogP contribution in [-0.4, -0.2) is 43.9 Å². The number of amides is 3. The first-order valence-electron chi connectivity index (χ1n) is 20.4. The minimum Gasteiger partial charge on any atom is -0.454 e. The number of nitrogens with zero attached hydrogens (tertiary/aromatic N) is 3. The molecule has 0 radical (unpaired) electrons. The van der Waals surface area contributed by atoms with Crippen molar-refractivity contribution in [3.8, 4) is 23.0 Å². The van der Waals surface area contributed by atoms with E-state index < -0.39 is 31.6 Å². The van der Waals surface area contributed by atoms with E-state index in [1.165, 1.54) is 0 Å². The highest BCUT2D eigenvalue weighted by Crippen LogP contribution is 2.61. The number of aliphatic hydroxyl groups is 1. The maximum Gasteiger partial charge on any atom is 0.266 e. The van der Waals surface area contributed by atoms with Crippen molar-refractivity contribution in [3.05, 3.63) is 162 Å². The summed E-state index contributed by atoms with van der Waals surface area (Å²) in [6, 6.07) is 41.8. The van der Waals surface area contributed by atoms with Crippen molar-refractivity contribution in [3.63, 3.8) is 0 Å². The van der Waals surface area contributed by atoms with Crippen molar-refractivity contribution < 1.29 is 37.8 Å². The number of aliphatic hydroxyl groups excluding tert-OH is 1. The van der Waals surface area contributed by atoms with E-state index in [0.717, 1.165) is 5.56 Å². The zero-order valence-corrected chi connectivity index (χ0v) is 34.7. The summed E-state index contributed by atoms with van der Waals surface area (Å²) in [5.41, 5.74) is 2.67. The molecule has 12 heteroatoms. The van der Waals surface area contributed by atoms with E-state index in [1.807, 2.05) is 104 Å². The van der Waals surface area contributed by atoms with Crippen molar-refractivity contribution in [2.45, 2.75) is 50.2 Å². The molecule has 10 nitrogen and oxygen atoms in total. The number of carbonyl (C=O) groups is 3. The first-order chi connectivity index (χ1) is 29.5. The molecular weight excluding hydrogens is 790 g/mol. The van der Waals surface area contributed by atoms with Gasteiger partial charge in [0.05, 0.1) is 40.8 Å². The number of rotatable bonds is 7. The average molecular weight is 832 g/mol. The van der Waals surface area contributed by atoms with Gasteiger partial charge in [0.25, 0.3) is 17.7 Å². The van der Waals surface area contributed by atoms with Crippen molar-refractivity contribution in [1.82, 2.24) is 0 Å². The molecule has 4 aliphatic heterocycles. The predicted octanol–water partition coefficient (Wildman–Crippen LogP) is 10.6. The fourth-order valence-electron chi connectivity index (χ4n) is 9.79. The predicted molar refractivity (Wildman–Crippen MR) is 233 cm³/mol. The van der Waals surface area contributed by atoms with Gasteiger partial charge in [-0.25, -0.2) is 0 Å². The quantitative estimate of drug-likeness (QED) is 0.126. The fraction of sp³-hybridized carbons (Fsp3) is 0.204. The van der Waals surface area contributed by atoms with Crippen LogP contribution in [0, 0.1) is 5.92 Å². The average Bonchev–Trinajstić information content (AvgIpc) is 3.57. The number of hydrogen-bond donors (Lipinski definition) is 1. The molecule has 4 aliphatic rings. The van der Waals surface area contributed by atoms with Gasteiger partial charge in [0, 0.05) is 35.0 Å². The molecule has 0 unspecified atom stereocenters. The molecule has 0 saturated carbocycles. The van der Waals surface area contributed by atoms with Crippen molar-refractivity contribution in [2.24, 2.45) is 5.92 Å². The number of fused-ring (bicyclic) bond motifs is 6. The van der Waals surface area contributed by atoms with E-state index in [9.17, 15) is 14.7 Å². The second kappa shape index (κ2) is 14.5. The molecule has 0 aliphatic carbocycles. The van der Waals surface area contributed by atoms with Crippen molar-refractivity contribution >= 4 is 54.6 Å². The topological polar surface area (TPSA) is 109 Å². The Hall–Kier alpha value is -6.60. The maximum atomic E-state index is 16.4.